The van der Waals surface area contributed by atoms with E-state index in [4.69, 9.17) is 16.3 Å². The van der Waals surface area contributed by atoms with Crippen molar-refractivity contribution in [3.05, 3.63) is 28.3 Å². The molecule has 3 heteroatoms. The molecule has 2 nitrogen and oxygen atoms in total. The van der Waals surface area contributed by atoms with Gasteiger partial charge in [0.2, 0.25) is 0 Å². The normalized spacial score (nSPS) is 26.9. The van der Waals surface area contributed by atoms with Crippen LogP contribution in [-0.2, 0) is 6.42 Å². The van der Waals surface area contributed by atoms with Gasteiger partial charge in [-0.15, -0.1) is 0 Å². The topological polar surface area (TPSA) is 21.3 Å². The fourth-order valence-electron chi connectivity index (χ4n) is 3.79. The third kappa shape index (κ3) is 2.68. The number of hydrogen-bond acceptors (Lipinski definition) is 2. The summed E-state index contributed by atoms with van der Waals surface area (Å²) >= 11 is 6.31. The minimum Gasteiger partial charge on any atom is -0.493 e. The van der Waals surface area contributed by atoms with Gasteiger partial charge < -0.3 is 10.1 Å². The number of ether oxygens (including phenoxy) is 1. The van der Waals surface area contributed by atoms with Crippen LogP contribution in [-0.4, -0.2) is 13.7 Å². The number of fused-ring (bicyclic) bond motifs is 1. The van der Waals surface area contributed by atoms with Gasteiger partial charge in [-0.05, 0) is 49.4 Å². The molecule has 0 spiro atoms. The molecule has 1 atom stereocenters. The van der Waals surface area contributed by atoms with Crippen LogP contribution in [0.1, 0.15) is 49.8 Å². The van der Waals surface area contributed by atoms with E-state index in [1.165, 1.54) is 36.8 Å². The molecule has 2 aliphatic rings. The van der Waals surface area contributed by atoms with E-state index in [-0.39, 0.29) is 0 Å². The van der Waals surface area contributed by atoms with Crippen molar-refractivity contribution in [2.75, 3.05) is 13.7 Å². The molecular weight excluding hydrogens is 270 g/mol. The van der Waals surface area contributed by atoms with Crippen molar-refractivity contribution in [2.45, 2.75) is 45.1 Å². The lowest BCUT2D eigenvalue weighted by molar-refractivity contribution is 0.234. The molecule has 110 valence electrons. The van der Waals surface area contributed by atoms with Crippen LogP contribution in [0.2, 0.25) is 5.02 Å². The van der Waals surface area contributed by atoms with Gasteiger partial charge >= 0.3 is 0 Å². The lowest BCUT2D eigenvalue weighted by Gasteiger charge is -2.33. The predicted molar refractivity (Wildman–Crippen MR) is 83.6 cm³/mol. The number of rotatable bonds is 3. The fraction of sp³-hybridized carbons (Fsp3) is 0.647. The molecule has 0 bridgehead atoms. The third-order valence-corrected chi connectivity index (χ3v) is 5.17. The zero-order valence-corrected chi connectivity index (χ0v) is 13.2. The molecule has 1 heterocycles. The van der Waals surface area contributed by atoms with Crippen molar-refractivity contribution in [1.29, 1.82) is 0 Å². The SMILES string of the molecule is CNC(c1cc(Cl)cc2c1OCC2)C1CCC(C)CC1. The minimum absolute atomic E-state index is 0.369. The molecule has 1 aromatic carbocycles. The second-order valence-electron chi connectivity index (χ2n) is 6.37. The van der Waals surface area contributed by atoms with E-state index in [0.717, 1.165) is 29.7 Å². The van der Waals surface area contributed by atoms with Crippen LogP contribution in [0.25, 0.3) is 0 Å². The summed E-state index contributed by atoms with van der Waals surface area (Å²) in [4.78, 5) is 0. The number of nitrogens with one attached hydrogen (secondary N) is 1. The van der Waals surface area contributed by atoms with E-state index in [2.05, 4.69) is 31.4 Å². The first kappa shape index (κ1) is 14.2. The van der Waals surface area contributed by atoms with Gasteiger partial charge in [0.25, 0.3) is 0 Å². The summed E-state index contributed by atoms with van der Waals surface area (Å²) in [5.41, 5.74) is 2.55. The van der Waals surface area contributed by atoms with Crippen LogP contribution < -0.4 is 10.1 Å². The molecule has 1 fully saturated rings. The standard InChI is InChI=1S/C17H24ClNO/c1-11-3-5-12(6-4-11)16(19-2)15-10-14(18)9-13-7-8-20-17(13)15/h9-12,16,19H,3-8H2,1-2H3. The maximum atomic E-state index is 6.31. The van der Waals surface area contributed by atoms with Gasteiger partial charge in [0, 0.05) is 23.0 Å². The van der Waals surface area contributed by atoms with Crippen LogP contribution >= 0.6 is 11.6 Å². The lowest BCUT2D eigenvalue weighted by Crippen LogP contribution is -2.28. The van der Waals surface area contributed by atoms with E-state index in [0.29, 0.717) is 12.0 Å². The van der Waals surface area contributed by atoms with Crippen molar-refractivity contribution in [3.8, 4) is 5.75 Å². The van der Waals surface area contributed by atoms with Gasteiger partial charge in [-0.1, -0.05) is 31.4 Å². The largest absolute Gasteiger partial charge is 0.493 e. The first-order chi connectivity index (χ1) is 9.69. The summed E-state index contributed by atoms with van der Waals surface area (Å²) in [5, 5.41) is 4.36. The highest BCUT2D eigenvalue weighted by Crippen LogP contribution is 2.43. The molecule has 0 radical (unpaired) electrons. The number of hydrogen-bond donors (Lipinski definition) is 1. The van der Waals surface area contributed by atoms with Gasteiger partial charge in [-0.2, -0.15) is 0 Å². The Hall–Kier alpha value is -0.730. The van der Waals surface area contributed by atoms with E-state index in [1.54, 1.807) is 0 Å². The second kappa shape index (κ2) is 5.95. The Morgan fingerprint density at radius 3 is 2.70 bits per heavy atom. The fourth-order valence-corrected chi connectivity index (χ4v) is 4.04. The zero-order chi connectivity index (χ0) is 14.1. The highest BCUT2D eigenvalue weighted by molar-refractivity contribution is 6.30. The van der Waals surface area contributed by atoms with Crippen LogP contribution in [0.3, 0.4) is 0 Å². The van der Waals surface area contributed by atoms with Gasteiger partial charge in [-0.3, -0.25) is 0 Å². The highest BCUT2D eigenvalue weighted by atomic mass is 35.5. The Morgan fingerprint density at radius 1 is 1.25 bits per heavy atom. The Kier molecular flexibility index (Phi) is 4.23. The molecule has 1 aliphatic heterocycles. The molecule has 1 N–H and O–H groups in total. The van der Waals surface area contributed by atoms with E-state index < -0.39 is 0 Å². The first-order valence-electron chi connectivity index (χ1n) is 7.81. The van der Waals surface area contributed by atoms with Crippen molar-refractivity contribution in [3.63, 3.8) is 0 Å². The van der Waals surface area contributed by atoms with Crippen molar-refractivity contribution < 1.29 is 4.74 Å². The maximum absolute atomic E-state index is 6.31. The van der Waals surface area contributed by atoms with Gasteiger partial charge in [0.05, 0.1) is 6.61 Å². The van der Waals surface area contributed by atoms with Crippen molar-refractivity contribution in [2.24, 2.45) is 11.8 Å². The van der Waals surface area contributed by atoms with E-state index >= 15 is 0 Å². The lowest BCUT2D eigenvalue weighted by atomic mass is 9.77. The smallest absolute Gasteiger partial charge is 0.127 e. The van der Waals surface area contributed by atoms with Crippen LogP contribution in [0.15, 0.2) is 12.1 Å². The van der Waals surface area contributed by atoms with E-state index in [1.807, 2.05) is 0 Å². The second-order valence-corrected chi connectivity index (χ2v) is 6.80. The maximum Gasteiger partial charge on any atom is 0.127 e. The minimum atomic E-state index is 0.369. The number of halogens is 1. The van der Waals surface area contributed by atoms with Crippen molar-refractivity contribution in [1.82, 2.24) is 5.32 Å². The summed E-state index contributed by atoms with van der Waals surface area (Å²) in [6, 6.07) is 4.53. The summed E-state index contributed by atoms with van der Waals surface area (Å²) in [6.07, 6.45) is 6.27. The quantitative estimate of drug-likeness (QED) is 0.894. The summed E-state index contributed by atoms with van der Waals surface area (Å²) in [6.45, 7) is 3.16. The Bertz CT molecular complexity index is 480. The monoisotopic (exact) mass is 293 g/mol. The Labute approximate surface area is 126 Å². The summed E-state index contributed by atoms with van der Waals surface area (Å²) in [7, 11) is 2.06. The zero-order valence-electron chi connectivity index (χ0n) is 12.4. The molecule has 0 amide bonds. The van der Waals surface area contributed by atoms with Crippen LogP contribution in [0.4, 0.5) is 0 Å². The molecule has 1 saturated carbocycles. The van der Waals surface area contributed by atoms with Crippen LogP contribution in [0, 0.1) is 11.8 Å². The average molecular weight is 294 g/mol. The highest BCUT2D eigenvalue weighted by Gasteiger charge is 2.30. The Balaban J connectivity index is 1.90. The molecule has 0 saturated heterocycles. The van der Waals surface area contributed by atoms with Gasteiger partial charge in [0.15, 0.2) is 0 Å². The summed E-state index contributed by atoms with van der Waals surface area (Å²) in [5.74, 6) is 2.67. The molecule has 1 aromatic rings. The first-order valence-corrected chi connectivity index (χ1v) is 8.19. The average Bonchev–Trinajstić information content (AvgIpc) is 2.89. The van der Waals surface area contributed by atoms with Crippen LogP contribution in [0.5, 0.6) is 5.75 Å². The molecule has 3 rings (SSSR count). The molecule has 1 aliphatic carbocycles. The molecular formula is C17H24ClNO. The molecule has 0 aromatic heterocycles. The Morgan fingerprint density at radius 2 is 2.00 bits per heavy atom. The van der Waals surface area contributed by atoms with Gasteiger partial charge in [0.1, 0.15) is 5.75 Å². The van der Waals surface area contributed by atoms with E-state index in [9.17, 15) is 0 Å². The third-order valence-electron chi connectivity index (χ3n) is 4.96. The number of benzene rings is 1. The van der Waals surface area contributed by atoms with Gasteiger partial charge in [-0.25, -0.2) is 0 Å². The van der Waals surface area contributed by atoms with Crippen molar-refractivity contribution >= 4 is 11.6 Å². The predicted octanol–water partition coefficient (Wildman–Crippen LogP) is 4.36. The molecule has 20 heavy (non-hydrogen) atoms. The summed E-state index contributed by atoms with van der Waals surface area (Å²) < 4.78 is 5.88. The molecule has 1 unspecified atom stereocenters.